The van der Waals surface area contributed by atoms with Crippen molar-refractivity contribution in [3.63, 3.8) is 0 Å². The van der Waals surface area contributed by atoms with E-state index in [9.17, 15) is 31.1 Å². The van der Waals surface area contributed by atoms with E-state index in [1.165, 1.54) is 18.2 Å². The predicted molar refractivity (Wildman–Crippen MR) is 113 cm³/mol. The van der Waals surface area contributed by atoms with Crippen molar-refractivity contribution in [2.24, 2.45) is 0 Å². The molecule has 0 N–H and O–H groups in total. The lowest BCUT2D eigenvalue weighted by molar-refractivity contribution is -0.137. The number of unbranched alkanes of at least 4 members (excludes halogenated alkanes) is 1. The van der Waals surface area contributed by atoms with E-state index < -0.39 is 40.9 Å². The fourth-order valence-electron chi connectivity index (χ4n) is 3.15. The Bertz CT molecular complexity index is 1180. The maximum absolute atomic E-state index is 13.9. The Balaban J connectivity index is 1.91. The molecule has 0 fully saturated rings. The van der Waals surface area contributed by atoms with Crippen molar-refractivity contribution < 1.29 is 40.6 Å². The summed E-state index contributed by atoms with van der Waals surface area (Å²) in [6.07, 6.45) is 2.03. The topological polar surface area (TPSA) is 35.5 Å². The fourth-order valence-corrected chi connectivity index (χ4v) is 3.15. The summed E-state index contributed by atoms with van der Waals surface area (Å²) in [6, 6.07) is 7.11. The first kappa shape index (κ1) is 24.9. The van der Waals surface area contributed by atoms with Crippen LogP contribution < -0.4 is 4.74 Å². The van der Waals surface area contributed by atoms with Crippen LogP contribution in [0.4, 0.5) is 26.3 Å². The molecule has 0 atom stereocenters. The van der Waals surface area contributed by atoms with Gasteiger partial charge in [-0.05, 0) is 71.5 Å². The molecule has 0 unspecified atom stereocenters. The molecule has 0 aliphatic carbocycles. The first-order valence-corrected chi connectivity index (χ1v) is 10.1. The summed E-state index contributed by atoms with van der Waals surface area (Å²) in [4.78, 5) is 11.0. The van der Waals surface area contributed by atoms with Crippen molar-refractivity contribution in [3.05, 3.63) is 90.0 Å². The summed E-state index contributed by atoms with van der Waals surface area (Å²) < 4.78 is 92.7. The lowest BCUT2D eigenvalue weighted by Crippen LogP contribution is -2.04. The molecule has 0 aliphatic rings. The van der Waals surface area contributed by atoms with Crippen molar-refractivity contribution in [2.75, 3.05) is 13.2 Å². The van der Waals surface area contributed by atoms with Gasteiger partial charge in [-0.25, -0.2) is 31.1 Å². The average Bonchev–Trinajstić information content (AvgIpc) is 2.82. The van der Waals surface area contributed by atoms with Gasteiger partial charge in [-0.15, -0.1) is 0 Å². The molecule has 34 heavy (non-hydrogen) atoms. The Hall–Kier alpha value is -3.75. The van der Waals surface area contributed by atoms with Crippen LogP contribution in [0.3, 0.4) is 0 Å². The third-order valence-electron chi connectivity index (χ3n) is 4.80. The molecule has 0 radical (unpaired) electrons. The van der Waals surface area contributed by atoms with E-state index in [1.807, 2.05) is 0 Å². The summed E-state index contributed by atoms with van der Waals surface area (Å²) in [5.41, 5.74) is -0.0574. The molecule has 0 saturated carbocycles. The maximum atomic E-state index is 13.9. The van der Waals surface area contributed by atoms with Crippen molar-refractivity contribution in [1.29, 1.82) is 0 Å². The molecule has 0 heterocycles. The molecule has 0 aromatic heterocycles. The molecular formula is C25H18F6O3. The molecular weight excluding hydrogens is 462 g/mol. The van der Waals surface area contributed by atoms with Crippen molar-refractivity contribution in [3.8, 4) is 28.0 Å². The van der Waals surface area contributed by atoms with Gasteiger partial charge in [-0.2, -0.15) is 0 Å². The molecule has 3 aromatic carbocycles. The first-order valence-electron chi connectivity index (χ1n) is 10.1. The number of carbonyl (C=O) groups is 1. The molecule has 178 valence electrons. The van der Waals surface area contributed by atoms with Crippen molar-refractivity contribution in [1.82, 2.24) is 0 Å². The Morgan fingerprint density at radius 2 is 1.24 bits per heavy atom. The quantitative estimate of drug-likeness (QED) is 0.112. The Morgan fingerprint density at radius 3 is 1.76 bits per heavy atom. The molecule has 0 amide bonds. The summed E-state index contributed by atoms with van der Waals surface area (Å²) in [6.45, 7) is 3.63. The van der Waals surface area contributed by atoms with Gasteiger partial charge in [0.15, 0.2) is 34.9 Å². The minimum Gasteiger partial charge on any atom is -0.494 e. The van der Waals surface area contributed by atoms with E-state index in [2.05, 4.69) is 6.58 Å². The van der Waals surface area contributed by atoms with Gasteiger partial charge in [0.05, 0.1) is 13.2 Å². The van der Waals surface area contributed by atoms with Crippen LogP contribution in [0, 0.1) is 34.9 Å². The van der Waals surface area contributed by atoms with Gasteiger partial charge in [0.2, 0.25) is 0 Å². The van der Waals surface area contributed by atoms with Crippen LogP contribution in [-0.4, -0.2) is 19.2 Å². The van der Waals surface area contributed by atoms with E-state index in [1.54, 1.807) is 0 Å². The van der Waals surface area contributed by atoms with Gasteiger partial charge in [-0.3, -0.25) is 0 Å². The minimum atomic E-state index is -1.67. The summed E-state index contributed by atoms with van der Waals surface area (Å²) in [7, 11) is 0. The van der Waals surface area contributed by atoms with Gasteiger partial charge >= 0.3 is 5.97 Å². The number of benzene rings is 3. The zero-order valence-corrected chi connectivity index (χ0v) is 17.6. The molecule has 3 aromatic rings. The number of halogens is 6. The fraction of sp³-hybridized carbons (Fsp3) is 0.160. The van der Waals surface area contributed by atoms with Crippen LogP contribution in [0.15, 0.2) is 55.1 Å². The van der Waals surface area contributed by atoms with Crippen molar-refractivity contribution >= 4 is 5.97 Å². The third kappa shape index (κ3) is 5.78. The second-order valence-electron chi connectivity index (χ2n) is 7.14. The zero-order chi connectivity index (χ0) is 24.8. The molecule has 9 heteroatoms. The third-order valence-corrected chi connectivity index (χ3v) is 4.80. The average molecular weight is 480 g/mol. The Morgan fingerprint density at radius 1 is 0.735 bits per heavy atom. The van der Waals surface area contributed by atoms with Crippen molar-refractivity contribution in [2.45, 2.75) is 12.8 Å². The van der Waals surface area contributed by atoms with Gasteiger partial charge < -0.3 is 9.47 Å². The lowest BCUT2D eigenvalue weighted by Gasteiger charge is -2.15. The van der Waals surface area contributed by atoms with Crippen LogP contribution in [0.5, 0.6) is 5.75 Å². The highest BCUT2D eigenvalue weighted by Gasteiger charge is 2.18. The van der Waals surface area contributed by atoms with Gasteiger partial charge in [0.1, 0.15) is 5.75 Å². The molecule has 3 nitrogen and oxygen atoms in total. The number of carbonyl (C=O) groups excluding carboxylic acids is 1. The number of esters is 1. The Kier molecular flexibility index (Phi) is 7.99. The highest BCUT2D eigenvalue weighted by atomic mass is 19.2. The number of hydrogen-bond donors (Lipinski definition) is 0. The summed E-state index contributed by atoms with van der Waals surface area (Å²) in [5, 5.41) is 0. The Labute approximate surface area is 191 Å². The molecule has 3 rings (SSSR count). The van der Waals surface area contributed by atoms with Crippen LogP contribution in [0.2, 0.25) is 0 Å². The number of ether oxygens (including phenoxy) is 2. The first-order chi connectivity index (χ1) is 16.2. The second kappa shape index (κ2) is 10.9. The van der Waals surface area contributed by atoms with Crippen LogP contribution in [-0.2, 0) is 9.53 Å². The van der Waals surface area contributed by atoms with Gasteiger partial charge in [-0.1, -0.05) is 12.6 Å². The van der Waals surface area contributed by atoms with E-state index >= 15 is 0 Å². The van der Waals surface area contributed by atoms with Crippen LogP contribution in [0.1, 0.15) is 12.8 Å². The van der Waals surface area contributed by atoms with Gasteiger partial charge in [0.25, 0.3) is 0 Å². The minimum absolute atomic E-state index is 0.0700. The largest absolute Gasteiger partial charge is 0.494 e. The smallest absolute Gasteiger partial charge is 0.330 e. The zero-order valence-electron chi connectivity index (χ0n) is 17.6. The predicted octanol–water partition coefficient (Wildman–Crippen LogP) is 6.74. The maximum Gasteiger partial charge on any atom is 0.330 e. The summed E-state index contributed by atoms with van der Waals surface area (Å²) in [5.74, 6) is -9.46. The second-order valence-corrected chi connectivity index (χ2v) is 7.14. The highest BCUT2D eigenvalue weighted by Crippen LogP contribution is 2.37. The molecule has 0 saturated heterocycles. The van der Waals surface area contributed by atoms with E-state index in [0.29, 0.717) is 12.8 Å². The molecule has 0 aliphatic heterocycles. The summed E-state index contributed by atoms with van der Waals surface area (Å²) >= 11 is 0. The van der Waals surface area contributed by atoms with E-state index in [4.69, 9.17) is 9.47 Å². The monoisotopic (exact) mass is 480 g/mol. The van der Waals surface area contributed by atoms with E-state index in [-0.39, 0.29) is 41.2 Å². The number of hydrogen-bond acceptors (Lipinski definition) is 3. The van der Waals surface area contributed by atoms with E-state index in [0.717, 1.165) is 30.3 Å². The molecule has 0 bridgehead atoms. The number of rotatable bonds is 9. The lowest BCUT2D eigenvalue weighted by atomic mass is 9.94. The standard InChI is InChI=1S/C25H18F6O3/c1-2-23(32)34-8-4-3-7-33-16-5-6-17(14-9-19(26)24(30)20(27)10-14)18(13-16)15-11-21(28)25(31)22(29)12-15/h2,5-6,9-13H,1,3-4,7-8H2. The molecule has 0 spiro atoms. The SMILES string of the molecule is C=CC(=O)OCCCCOc1ccc(-c2cc(F)c(F)c(F)c2)c(-c2cc(F)c(F)c(F)c2)c1. The normalized spacial score (nSPS) is 10.8. The highest BCUT2D eigenvalue weighted by molar-refractivity contribution is 5.84. The van der Waals surface area contributed by atoms with Crippen LogP contribution in [0.25, 0.3) is 22.3 Å². The van der Waals surface area contributed by atoms with Gasteiger partial charge in [0, 0.05) is 6.08 Å². The van der Waals surface area contributed by atoms with Crippen LogP contribution >= 0.6 is 0 Å².